The monoisotopic (exact) mass is 333 g/mol. The van der Waals surface area contributed by atoms with Crippen LogP contribution < -0.4 is 14.8 Å². The second-order valence-electron chi connectivity index (χ2n) is 4.66. The Hall–Kier alpha value is -0.450. The zero-order valence-corrected chi connectivity index (χ0v) is 12.6. The standard InChI is InChI=1S/C13H16BrNO2.ClH/c1-16-11-3-2-10(14)13-12(11)9-6-15-5-4-8(9)7-17-13;/h2-3,8-9,15H,4-7H2,1H3;1H/t8-,9-;/m0./s1. The second-order valence-corrected chi connectivity index (χ2v) is 5.52. The minimum atomic E-state index is 0. The summed E-state index contributed by atoms with van der Waals surface area (Å²) in [5, 5.41) is 3.47. The molecule has 1 aromatic carbocycles. The molecule has 18 heavy (non-hydrogen) atoms. The van der Waals surface area contributed by atoms with E-state index < -0.39 is 0 Å². The highest BCUT2D eigenvalue weighted by Gasteiger charge is 2.36. The maximum Gasteiger partial charge on any atom is 0.140 e. The lowest BCUT2D eigenvalue weighted by Crippen LogP contribution is -2.40. The van der Waals surface area contributed by atoms with E-state index in [2.05, 4.69) is 21.2 Å². The van der Waals surface area contributed by atoms with Crippen molar-refractivity contribution in [2.45, 2.75) is 12.3 Å². The van der Waals surface area contributed by atoms with Gasteiger partial charge in [-0.05, 0) is 41.0 Å². The Balaban J connectivity index is 0.00000120. The highest BCUT2D eigenvalue weighted by molar-refractivity contribution is 9.10. The first-order valence-corrected chi connectivity index (χ1v) is 6.80. The van der Waals surface area contributed by atoms with E-state index in [4.69, 9.17) is 9.47 Å². The van der Waals surface area contributed by atoms with Crippen LogP contribution in [-0.2, 0) is 0 Å². The van der Waals surface area contributed by atoms with Crippen molar-refractivity contribution in [1.82, 2.24) is 5.32 Å². The third kappa shape index (κ3) is 2.22. The van der Waals surface area contributed by atoms with Gasteiger partial charge in [-0.2, -0.15) is 0 Å². The van der Waals surface area contributed by atoms with Crippen molar-refractivity contribution < 1.29 is 9.47 Å². The van der Waals surface area contributed by atoms with E-state index in [1.54, 1.807) is 7.11 Å². The fraction of sp³-hybridized carbons (Fsp3) is 0.538. The normalized spacial score (nSPS) is 25.2. The van der Waals surface area contributed by atoms with Crippen LogP contribution in [0.1, 0.15) is 17.9 Å². The van der Waals surface area contributed by atoms with Crippen molar-refractivity contribution in [3.8, 4) is 11.5 Å². The van der Waals surface area contributed by atoms with E-state index in [1.807, 2.05) is 12.1 Å². The van der Waals surface area contributed by atoms with E-state index in [-0.39, 0.29) is 12.4 Å². The summed E-state index contributed by atoms with van der Waals surface area (Å²) < 4.78 is 12.4. The van der Waals surface area contributed by atoms with Crippen molar-refractivity contribution in [2.75, 3.05) is 26.8 Å². The van der Waals surface area contributed by atoms with Crippen molar-refractivity contribution in [2.24, 2.45) is 5.92 Å². The van der Waals surface area contributed by atoms with Crippen LogP contribution in [0, 0.1) is 5.92 Å². The number of fused-ring (bicyclic) bond motifs is 3. The Morgan fingerprint density at radius 1 is 1.44 bits per heavy atom. The van der Waals surface area contributed by atoms with Crippen LogP contribution in [0.2, 0.25) is 0 Å². The predicted molar refractivity (Wildman–Crippen MR) is 77.2 cm³/mol. The SMILES string of the molecule is COc1ccc(Br)c2c1[C@H]1CNCC[C@H]1CO2.Cl. The van der Waals surface area contributed by atoms with Crippen LogP contribution in [-0.4, -0.2) is 26.8 Å². The van der Waals surface area contributed by atoms with E-state index in [9.17, 15) is 0 Å². The van der Waals surface area contributed by atoms with Crippen LogP contribution in [0.25, 0.3) is 0 Å². The minimum absolute atomic E-state index is 0. The number of ether oxygens (including phenoxy) is 2. The number of benzene rings is 1. The molecule has 2 aliphatic rings. The zero-order chi connectivity index (χ0) is 11.8. The summed E-state index contributed by atoms with van der Waals surface area (Å²) in [6.07, 6.45) is 1.18. The molecule has 5 heteroatoms. The number of rotatable bonds is 1. The van der Waals surface area contributed by atoms with Gasteiger partial charge in [0.25, 0.3) is 0 Å². The maximum absolute atomic E-state index is 5.91. The molecular weight excluding hydrogens is 318 g/mol. The molecule has 2 heterocycles. The lowest BCUT2D eigenvalue weighted by Gasteiger charge is -2.38. The van der Waals surface area contributed by atoms with Gasteiger partial charge in [-0.15, -0.1) is 12.4 Å². The largest absolute Gasteiger partial charge is 0.496 e. The van der Waals surface area contributed by atoms with Crippen LogP contribution in [0.5, 0.6) is 11.5 Å². The number of nitrogens with one attached hydrogen (secondary N) is 1. The molecule has 1 saturated heterocycles. The first-order chi connectivity index (χ1) is 8.31. The summed E-state index contributed by atoms with van der Waals surface area (Å²) in [6.45, 7) is 2.94. The number of piperidine rings is 1. The molecule has 2 aliphatic heterocycles. The first-order valence-electron chi connectivity index (χ1n) is 6.01. The minimum Gasteiger partial charge on any atom is -0.496 e. The van der Waals surface area contributed by atoms with Gasteiger partial charge in [0.1, 0.15) is 11.5 Å². The average molecular weight is 335 g/mol. The Labute approximate surface area is 122 Å². The molecule has 100 valence electrons. The van der Waals surface area contributed by atoms with Gasteiger partial charge >= 0.3 is 0 Å². The molecule has 3 rings (SSSR count). The molecular formula is C13H17BrClNO2. The maximum atomic E-state index is 5.91. The van der Waals surface area contributed by atoms with Gasteiger partial charge < -0.3 is 14.8 Å². The Morgan fingerprint density at radius 3 is 3.06 bits per heavy atom. The van der Waals surface area contributed by atoms with E-state index in [0.717, 1.165) is 35.7 Å². The fourth-order valence-electron chi connectivity index (χ4n) is 2.87. The van der Waals surface area contributed by atoms with Gasteiger partial charge in [-0.1, -0.05) is 0 Å². The third-order valence-corrected chi connectivity index (χ3v) is 4.39. The number of halogens is 2. The van der Waals surface area contributed by atoms with E-state index in [1.165, 1.54) is 12.0 Å². The van der Waals surface area contributed by atoms with Crippen molar-refractivity contribution in [3.05, 3.63) is 22.2 Å². The van der Waals surface area contributed by atoms with Gasteiger partial charge in [0, 0.05) is 23.9 Å². The molecule has 1 aromatic rings. The Kier molecular flexibility index (Phi) is 4.41. The molecule has 1 fully saturated rings. The summed E-state index contributed by atoms with van der Waals surface area (Å²) in [7, 11) is 1.73. The lowest BCUT2D eigenvalue weighted by atomic mass is 9.79. The van der Waals surface area contributed by atoms with Gasteiger partial charge in [0.05, 0.1) is 18.2 Å². The van der Waals surface area contributed by atoms with Gasteiger partial charge in [0.2, 0.25) is 0 Å². The van der Waals surface area contributed by atoms with E-state index >= 15 is 0 Å². The van der Waals surface area contributed by atoms with Crippen molar-refractivity contribution in [3.63, 3.8) is 0 Å². The summed E-state index contributed by atoms with van der Waals surface area (Å²) in [6, 6.07) is 4.01. The van der Waals surface area contributed by atoms with Crippen LogP contribution in [0.4, 0.5) is 0 Å². The van der Waals surface area contributed by atoms with Gasteiger partial charge in [-0.3, -0.25) is 0 Å². The van der Waals surface area contributed by atoms with Crippen LogP contribution >= 0.6 is 28.3 Å². The highest BCUT2D eigenvalue weighted by Crippen LogP contribution is 2.47. The number of methoxy groups -OCH3 is 1. The molecule has 0 bridgehead atoms. The first kappa shape index (κ1) is 14.0. The molecule has 0 amide bonds. The second kappa shape index (κ2) is 5.68. The predicted octanol–water partition coefficient (Wildman–Crippen LogP) is 2.97. The zero-order valence-electron chi connectivity index (χ0n) is 10.2. The molecule has 2 atom stereocenters. The smallest absolute Gasteiger partial charge is 0.140 e. The molecule has 0 saturated carbocycles. The van der Waals surface area contributed by atoms with Gasteiger partial charge in [-0.25, -0.2) is 0 Å². The third-order valence-electron chi connectivity index (χ3n) is 3.77. The molecule has 0 radical (unpaired) electrons. The molecule has 0 aromatic heterocycles. The summed E-state index contributed by atoms with van der Waals surface area (Å²) >= 11 is 3.56. The summed E-state index contributed by atoms with van der Waals surface area (Å²) in [5.74, 6) is 3.04. The highest BCUT2D eigenvalue weighted by atomic mass is 79.9. The molecule has 0 spiro atoms. The fourth-order valence-corrected chi connectivity index (χ4v) is 3.33. The van der Waals surface area contributed by atoms with E-state index in [0.29, 0.717) is 11.8 Å². The lowest BCUT2D eigenvalue weighted by molar-refractivity contribution is 0.161. The topological polar surface area (TPSA) is 30.5 Å². The van der Waals surface area contributed by atoms with Crippen molar-refractivity contribution >= 4 is 28.3 Å². The quantitative estimate of drug-likeness (QED) is 0.856. The summed E-state index contributed by atoms with van der Waals surface area (Å²) in [5.41, 5.74) is 1.23. The Morgan fingerprint density at radius 2 is 2.28 bits per heavy atom. The van der Waals surface area contributed by atoms with Gasteiger partial charge in [0.15, 0.2) is 0 Å². The average Bonchev–Trinajstić information content (AvgIpc) is 2.39. The molecule has 0 aliphatic carbocycles. The molecule has 1 N–H and O–H groups in total. The Bertz CT molecular complexity index is 441. The van der Waals surface area contributed by atoms with Crippen LogP contribution in [0.15, 0.2) is 16.6 Å². The van der Waals surface area contributed by atoms with Crippen molar-refractivity contribution in [1.29, 1.82) is 0 Å². The molecule has 0 unspecified atom stereocenters. The number of hydrogen-bond acceptors (Lipinski definition) is 3. The number of hydrogen-bond donors (Lipinski definition) is 1. The molecule has 3 nitrogen and oxygen atoms in total. The van der Waals surface area contributed by atoms with Crippen LogP contribution in [0.3, 0.4) is 0 Å². The summed E-state index contributed by atoms with van der Waals surface area (Å²) in [4.78, 5) is 0.